The van der Waals surface area contributed by atoms with Crippen LogP contribution in [-0.2, 0) is 14.3 Å². The zero-order chi connectivity index (χ0) is 26.5. The highest BCUT2D eigenvalue weighted by molar-refractivity contribution is 5.95. The SMILES string of the molecule is CCCOc1nccc(-c2[nH]c(C3OCC(C)(C(=O)Nc4ccccc4)CO3)nc2-c2ccc(F)cc2)n1. The van der Waals surface area contributed by atoms with Gasteiger partial charge in [0.1, 0.15) is 5.82 Å². The van der Waals surface area contributed by atoms with Gasteiger partial charge in [-0.25, -0.2) is 14.4 Å². The Hall–Kier alpha value is -4.15. The van der Waals surface area contributed by atoms with Crippen LogP contribution in [0.5, 0.6) is 6.01 Å². The molecule has 4 aromatic rings. The average Bonchev–Trinajstić information content (AvgIpc) is 3.39. The molecule has 2 N–H and O–H groups in total. The van der Waals surface area contributed by atoms with Crippen molar-refractivity contribution in [2.45, 2.75) is 26.6 Å². The summed E-state index contributed by atoms with van der Waals surface area (Å²) in [5, 5.41) is 2.91. The van der Waals surface area contributed by atoms with E-state index in [2.05, 4.69) is 20.3 Å². The molecule has 1 aliphatic rings. The molecule has 196 valence electrons. The highest BCUT2D eigenvalue weighted by atomic mass is 19.1. The van der Waals surface area contributed by atoms with E-state index >= 15 is 0 Å². The van der Waals surface area contributed by atoms with Crippen molar-refractivity contribution < 1.29 is 23.4 Å². The summed E-state index contributed by atoms with van der Waals surface area (Å²) in [6, 6.07) is 17.2. The average molecular weight is 518 g/mol. The van der Waals surface area contributed by atoms with Crippen molar-refractivity contribution in [2.75, 3.05) is 25.1 Å². The number of carbonyl (C=O) groups is 1. The zero-order valence-electron chi connectivity index (χ0n) is 21.1. The van der Waals surface area contributed by atoms with Crippen LogP contribution in [0.1, 0.15) is 32.4 Å². The highest BCUT2D eigenvalue weighted by Gasteiger charge is 2.41. The number of nitrogens with zero attached hydrogens (tertiary/aromatic N) is 3. The summed E-state index contributed by atoms with van der Waals surface area (Å²) in [6.45, 7) is 4.53. The Labute approximate surface area is 219 Å². The third kappa shape index (κ3) is 5.56. The van der Waals surface area contributed by atoms with E-state index in [0.717, 1.165) is 6.42 Å². The summed E-state index contributed by atoms with van der Waals surface area (Å²) in [5.74, 6) is -0.148. The Morgan fingerprint density at radius 1 is 1.11 bits per heavy atom. The topological polar surface area (TPSA) is 111 Å². The van der Waals surface area contributed by atoms with E-state index in [1.54, 1.807) is 31.3 Å². The minimum atomic E-state index is -0.889. The first-order valence-corrected chi connectivity index (χ1v) is 12.4. The molecule has 0 saturated carbocycles. The molecule has 1 aliphatic heterocycles. The van der Waals surface area contributed by atoms with Crippen molar-refractivity contribution >= 4 is 11.6 Å². The van der Waals surface area contributed by atoms with Gasteiger partial charge in [0, 0.05) is 17.4 Å². The van der Waals surface area contributed by atoms with Crippen LogP contribution in [0.15, 0.2) is 66.9 Å². The second kappa shape index (κ2) is 11.1. The number of anilines is 1. The summed E-state index contributed by atoms with van der Waals surface area (Å²) < 4.78 is 31.2. The number of hydrogen-bond donors (Lipinski definition) is 2. The lowest BCUT2D eigenvalue weighted by Crippen LogP contribution is -2.45. The number of para-hydroxylation sites is 1. The van der Waals surface area contributed by atoms with Crippen molar-refractivity contribution in [3.05, 3.63) is 78.5 Å². The molecule has 5 rings (SSSR count). The predicted molar refractivity (Wildman–Crippen MR) is 139 cm³/mol. The first-order valence-electron chi connectivity index (χ1n) is 12.4. The second-order valence-corrected chi connectivity index (χ2v) is 9.26. The number of aromatic amines is 1. The number of amides is 1. The lowest BCUT2D eigenvalue weighted by atomic mass is 9.91. The summed E-state index contributed by atoms with van der Waals surface area (Å²) in [5.41, 5.74) is 2.17. The minimum absolute atomic E-state index is 0.126. The molecule has 2 aromatic heterocycles. The number of aromatic nitrogens is 4. The van der Waals surface area contributed by atoms with Gasteiger partial charge in [0.05, 0.1) is 42.3 Å². The number of benzene rings is 2. The van der Waals surface area contributed by atoms with Crippen molar-refractivity contribution in [3.8, 4) is 28.7 Å². The number of nitrogens with one attached hydrogen (secondary N) is 2. The van der Waals surface area contributed by atoms with E-state index in [4.69, 9.17) is 19.2 Å². The Morgan fingerprint density at radius 2 is 1.84 bits per heavy atom. The molecule has 0 spiro atoms. The van der Waals surface area contributed by atoms with Gasteiger partial charge in [-0.1, -0.05) is 25.1 Å². The molecule has 0 bridgehead atoms. The van der Waals surface area contributed by atoms with Gasteiger partial charge in [0.25, 0.3) is 0 Å². The molecule has 0 atom stereocenters. The van der Waals surface area contributed by atoms with Crippen molar-refractivity contribution in [2.24, 2.45) is 5.41 Å². The minimum Gasteiger partial charge on any atom is -0.463 e. The maximum absolute atomic E-state index is 13.6. The fraction of sp³-hybridized carbons (Fsp3) is 0.286. The van der Waals surface area contributed by atoms with E-state index in [-0.39, 0.29) is 30.9 Å². The van der Waals surface area contributed by atoms with Gasteiger partial charge in [-0.3, -0.25) is 4.79 Å². The predicted octanol–water partition coefficient (Wildman–Crippen LogP) is 5.15. The molecule has 0 radical (unpaired) electrons. The van der Waals surface area contributed by atoms with Crippen LogP contribution >= 0.6 is 0 Å². The Morgan fingerprint density at radius 3 is 2.55 bits per heavy atom. The van der Waals surface area contributed by atoms with Crippen LogP contribution < -0.4 is 10.1 Å². The maximum Gasteiger partial charge on any atom is 0.316 e. The quantitative estimate of drug-likeness (QED) is 0.332. The van der Waals surface area contributed by atoms with E-state index in [0.29, 0.717) is 40.8 Å². The largest absolute Gasteiger partial charge is 0.463 e. The van der Waals surface area contributed by atoms with Gasteiger partial charge in [-0.05, 0) is 55.8 Å². The monoisotopic (exact) mass is 517 g/mol. The number of ether oxygens (including phenoxy) is 3. The molecule has 1 amide bonds. The molecule has 38 heavy (non-hydrogen) atoms. The Balaban J connectivity index is 1.39. The van der Waals surface area contributed by atoms with Gasteiger partial charge in [0.15, 0.2) is 5.82 Å². The van der Waals surface area contributed by atoms with Crippen LogP contribution in [0.3, 0.4) is 0 Å². The lowest BCUT2D eigenvalue weighted by molar-refractivity contribution is -0.229. The molecule has 0 unspecified atom stereocenters. The van der Waals surface area contributed by atoms with Crippen LogP contribution in [0.25, 0.3) is 22.6 Å². The van der Waals surface area contributed by atoms with Crippen LogP contribution in [0.2, 0.25) is 0 Å². The van der Waals surface area contributed by atoms with E-state index in [1.807, 2.05) is 37.3 Å². The molecular weight excluding hydrogens is 489 g/mol. The first kappa shape index (κ1) is 25.5. The van der Waals surface area contributed by atoms with Gasteiger partial charge < -0.3 is 24.5 Å². The van der Waals surface area contributed by atoms with Gasteiger partial charge >= 0.3 is 6.01 Å². The maximum atomic E-state index is 13.6. The summed E-state index contributed by atoms with van der Waals surface area (Å²) >= 11 is 0. The fourth-order valence-electron chi connectivity index (χ4n) is 3.95. The van der Waals surface area contributed by atoms with Crippen LogP contribution in [0, 0.1) is 11.2 Å². The van der Waals surface area contributed by atoms with Gasteiger partial charge in [-0.15, -0.1) is 0 Å². The number of halogens is 1. The van der Waals surface area contributed by atoms with Crippen LogP contribution in [0.4, 0.5) is 10.1 Å². The third-order valence-electron chi connectivity index (χ3n) is 6.07. The summed E-state index contributed by atoms with van der Waals surface area (Å²) in [7, 11) is 0. The molecule has 1 fully saturated rings. The number of H-pyrrole nitrogens is 1. The molecule has 9 nitrogen and oxygen atoms in total. The van der Waals surface area contributed by atoms with E-state index < -0.39 is 11.7 Å². The second-order valence-electron chi connectivity index (χ2n) is 9.26. The smallest absolute Gasteiger partial charge is 0.316 e. The van der Waals surface area contributed by atoms with Gasteiger partial charge in [-0.2, -0.15) is 4.98 Å². The van der Waals surface area contributed by atoms with E-state index in [9.17, 15) is 9.18 Å². The molecule has 0 aliphatic carbocycles. The van der Waals surface area contributed by atoms with E-state index in [1.165, 1.54) is 12.1 Å². The molecule has 3 heterocycles. The zero-order valence-corrected chi connectivity index (χ0v) is 21.1. The number of rotatable bonds is 8. The first-order chi connectivity index (χ1) is 18.4. The van der Waals surface area contributed by atoms with Crippen molar-refractivity contribution in [1.82, 2.24) is 19.9 Å². The number of hydrogen-bond acceptors (Lipinski definition) is 7. The molecule has 1 saturated heterocycles. The number of imidazole rings is 1. The standard InChI is InChI=1S/C28H28FN5O4/c1-3-15-36-27-30-14-13-21(32-27)23-22(18-9-11-19(29)12-10-18)33-24(34-23)25-37-16-28(2,17-38-25)26(35)31-20-7-5-4-6-8-20/h4-14,25H,3,15-17H2,1-2H3,(H,31,35)(H,33,34). The third-order valence-corrected chi connectivity index (χ3v) is 6.07. The number of carbonyl (C=O) groups excluding carboxylic acids is 1. The Bertz CT molecular complexity index is 1390. The molecule has 2 aromatic carbocycles. The summed E-state index contributed by atoms with van der Waals surface area (Å²) in [6.07, 6.45) is 1.59. The fourth-order valence-corrected chi connectivity index (χ4v) is 3.95. The lowest BCUT2D eigenvalue weighted by Gasteiger charge is -2.35. The highest BCUT2D eigenvalue weighted by Crippen LogP contribution is 2.36. The summed E-state index contributed by atoms with van der Waals surface area (Å²) in [4.78, 5) is 29.6. The van der Waals surface area contributed by atoms with Crippen molar-refractivity contribution in [3.63, 3.8) is 0 Å². The van der Waals surface area contributed by atoms with Crippen LogP contribution in [-0.4, -0.2) is 45.7 Å². The van der Waals surface area contributed by atoms with Gasteiger partial charge in [0.2, 0.25) is 12.2 Å². The molecule has 10 heteroatoms. The van der Waals surface area contributed by atoms with Crippen molar-refractivity contribution in [1.29, 1.82) is 0 Å². The molecular formula is C28H28FN5O4. The Kier molecular flexibility index (Phi) is 7.43. The normalized spacial score (nSPS) is 19.2.